The van der Waals surface area contributed by atoms with E-state index in [1.54, 1.807) is 23.9 Å². The molecule has 6 heteroatoms. The van der Waals surface area contributed by atoms with Crippen LogP contribution in [0.1, 0.15) is 12.8 Å². The summed E-state index contributed by atoms with van der Waals surface area (Å²) in [4.78, 5) is 27.5. The zero-order valence-electron chi connectivity index (χ0n) is 12.3. The Kier molecular flexibility index (Phi) is 5.44. The Hall–Kier alpha value is -1.31. The zero-order valence-corrected chi connectivity index (χ0v) is 14.5. The van der Waals surface area contributed by atoms with Gasteiger partial charge in [0.15, 0.2) is 0 Å². The third kappa shape index (κ3) is 4.33. The molecule has 0 radical (unpaired) electrons. The second kappa shape index (κ2) is 7.11. The summed E-state index contributed by atoms with van der Waals surface area (Å²) in [6.45, 7) is 1.28. The van der Waals surface area contributed by atoms with Crippen molar-refractivity contribution in [1.29, 1.82) is 0 Å². The summed E-state index contributed by atoms with van der Waals surface area (Å²) in [5, 5.41) is 2.96. The molecule has 1 aliphatic heterocycles. The van der Waals surface area contributed by atoms with Crippen molar-refractivity contribution in [1.82, 2.24) is 9.80 Å². The largest absolute Gasteiger partial charge is 0.331 e. The van der Waals surface area contributed by atoms with Gasteiger partial charge < -0.3 is 15.1 Å². The van der Waals surface area contributed by atoms with Crippen LogP contribution in [0.2, 0.25) is 0 Å². The Morgan fingerprint density at radius 3 is 2.52 bits per heavy atom. The first-order chi connectivity index (χ1) is 9.97. The van der Waals surface area contributed by atoms with Gasteiger partial charge in [0.25, 0.3) is 0 Å². The van der Waals surface area contributed by atoms with E-state index >= 15 is 0 Å². The fraction of sp³-hybridized carbons (Fsp3) is 0.467. The number of nitrogens with zero attached hydrogens (tertiary/aromatic N) is 2. The van der Waals surface area contributed by atoms with Crippen molar-refractivity contribution in [3.8, 4) is 0 Å². The van der Waals surface area contributed by atoms with Crippen LogP contribution in [0.3, 0.4) is 0 Å². The van der Waals surface area contributed by atoms with Gasteiger partial charge in [0.1, 0.15) is 0 Å². The zero-order chi connectivity index (χ0) is 15.4. The SMILES string of the molecule is CN(C)C(=O)N1CCC(C(=O)Nc2cccc(I)c2)CC1. The van der Waals surface area contributed by atoms with Gasteiger partial charge in [0.05, 0.1) is 0 Å². The molecule has 1 aromatic rings. The average Bonchev–Trinajstić information content (AvgIpc) is 2.46. The molecule has 21 heavy (non-hydrogen) atoms. The predicted octanol–water partition coefficient (Wildman–Crippen LogP) is 2.62. The number of amides is 3. The number of likely N-dealkylation sites (tertiary alicyclic amines) is 1. The van der Waals surface area contributed by atoms with Gasteiger partial charge in [-0.1, -0.05) is 6.07 Å². The Balaban J connectivity index is 1.87. The van der Waals surface area contributed by atoms with Crippen LogP contribution in [0.5, 0.6) is 0 Å². The number of benzene rings is 1. The van der Waals surface area contributed by atoms with Crippen LogP contribution >= 0.6 is 22.6 Å². The molecule has 0 aliphatic carbocycles. The summed E-state index contributed by atoms with van der Waals surface area (Å²) in [7, 11) is 3.50. The summed E-state index contributed by atoms with van der Waals surface area (Å²) in [5.74, 6) is 0.0306. The Labute approximate surface area is 138 Å². The minimum Gasteiger partial charge on any atom is -0.331 e. The van der Waals surface area contributed by atoms with Crippen molar-refractivity contribution in [3.63, 3.8) is 0 Å². The minimum atomic E-state index is -0.0194. The number of hydrogen-bond acceptors (Lipinski definition) is 2. The van der Waals surface area contributed by atoms with Crippen molar-refractivity contribution >= 4 is 40.2 Å². The molecule has 1 heterocycles. The summed E-state index contributed by atoms with van der Waals surface area (Å²) in [5.41, 5.74) is 0.832. The number of rotatable bonds is 2. The predicted molar refractivity (Wildman–Crippen MR) is 91.2 cm³/mol. The molecule has 0 spiro atoms. The normalized spacial score (nSPS) is 15.7. The van der Waals surface area contributed by atoms with E-state index in [4.69, 9.17) is 0 Å². The van der Waals surface area contributed by atoms with Crippen molar-refractivity contribution in [2.45, 2.75) is 12.8 Å². The number of nitrogens with one attached hydrogen (secondary N) is 1. The topological polar surface area (TPSA) is 52.7 Å². The van der Waals surface area contributed by atoms with E-state index in [0.717, 1.165) is 22.1 Å². The van der Waals surface area contributed by atoms with Crippen LogP contribution < -0.4 is 5.32 Å². The van der Waals surface area contributed by atoms with Crippen molar-refractivity contribution in [2.24, 2.45) is 5.92 Å². The highest BCUT2D eigenvalue weighted by molar-refractivity contribution is 14.1. The van der Waals surface area contributed by atoms with Gasteiger partial charge in [-0.3, -0.25) is 4.79 Å². The van der Waals surface area contributed by atoms with Crippen molar-refractivity contribution in [2.75, 3.05) is 32.5 Å². The molecule has 2 rings (SSSR count). The van der Waals surface area contributed by atoms with Crippen LogP contribution in [0.25, 0.3) is 0 Å². The van der Waals surface area contributed by atoms with Crippen molar-refractivity contribution in [3.05, 3.63) is 27.8 Å². The molecule has 0 atom stereocenters. The van der Waals surface area contributed by atoms with Gasteiger partial charge in [0.2, 0.25) is 5.91 Å². The molecular weight excluding hydrogens is 381 g/mol. The van der Waals surface area contributed by atoms with E-state index in [-0.39, 0.29) is 17.9 Å². The van der Waals surface area contributed by atoms with Crippen LogP contribution in [0.15, 0.2) is 24.3 Å². The maximum absolute atomic E-state index is 12.3. The lowest BCUT2D eigenvalue weighted by Crippen LogP contribution is -2.45. The van der Waals surface area contributed by atoms with Crippen molar-refractivity contribution < 1.29 is 9.59 Å². The average molecular weight is 401 g/mol. The third-order valence-electron chi connectivity index (χ3n) is 3.61. The van der Waals surface area contributed by atoms with E-state index in [0.29, 0.717) is 13.1 Å². The molecule has 3 amide bonds. The molecule has 114 valence electrons. The highest BCUT2D eigenvalue weighted by Crippen LogP contribution is 2.20. The summed E-state index contributed by atoms with van der Waals surface area (Å²) in [6.07, 6.45) is 1.44. The molecule has 1 fully saturated rings. The Morgan fingerprint density at radius 2 is 1.95 bits per heavy atom. The van der Waals surface area contributed by atoms with Gasteiger partial charge in [-0.25, -0.2) is 4.79 Å². The second-order valence-corrected chi connectivity index (χ2v) is 6.68. The number of piperidine rings is 1. The number of carbonyl (C=O) groups is 2. The van der Waals surface area contributed by atoms with Gasteiger partial charge >= 0.3 is 6.03 Å². The van der Waals surface area contributed by atoms with E-state index in [1.807, 2.05) is 24.3 Å². The number of carbonyl (C=O) groups excluding carboxylic acids is 2. The summed E-state index contributed by atoms with van der Waals surface area (Å²) in [6, 6.07) is 7.78. The summed E-state index contributed by atoms with van der Waals surface area (Å²) < 4.78 is 1.09. The lowest BCUT2D eigenvalue weighted by Gasteiger charge is -2.33. The van der Waals surface area contributed by atoms with E-state index < -0.39 is 0 Å². The maximum atomic E-state index is 12.3. The molecule has 0 saturated carbocycles. The molecule has 0 bridgehead atoms. The molecule has 1 aromatic carbocycles. The molecule has 1 N–H and O–H groups in total. The highest BCUT2D eigenvalue weighted by Gasteiger charge is 2.27. The number of hydrogen-bond donors (Lipinski definition) is 1. The molecule has 5 nitrogen and oxygen atoms in total. The van der Waals surface area contributed by atoms with E-state index in [2.05, 4.69) is 27.9 Å². The van der Waals surface area contributed by atoms with Gasteiger partial charge in [0, 0.05) is 42.4 Å². The Morgan fingerprint density at radius 1 is 1.29 bits per heavy atom. The first-order valence-corrected chi connectivity index (χ1v) is 8.08. The third-order valence-corrected chi connectivity index (χ3v) is 4.28. The van der Waals surface area contributed by atoms with E-state index in [1.165, 1.54) is 0 Å². The lowest BCUT2D eigenvalue weighted by atomic mass is 9.96. The van der Waals surface area contributed by atoms with E-state index in [9.17, 15) is 9.59 Å². The van der Waals surface area contributed by atoms with Gasteiger partial charge in [-0.2, -0.15) is 0 Å². The van der Waals surface area contributed by atoms with Crippen LogP contribution in [-0.4, -0.2) is 48.9 Å². The highest BCUT2D eigenvalue weighted by atomic mass is 127. The van der Waals surface area contributed by atoms with Crippen LogP contribution in [0.4, 0.5) is 10.5 Å². The van der Waals surface area contributed by atoms with Gasteiger partial charge in [-0.15, -0.1) is 0 Å². The Bertz CT molecular complexity index is 525. The molecule has 1 aliphatic rings. The first kappa shape index (κ1) is 16.1. The monoisotopic (exact) mass is 401 g/mol. The van der Waals surface area contributed by atoms with Crippen LogP contribution in [0, 0.1) is 9.49 Å². The molecular formula is C15H20IN3O2. The summed E-state index contributed by atoms with van der Waals surface area (Å²) >= 11 is 2.22. The minimum absolute atomic E-state index is 0.0194. The van der Waals surface area contributed by atoms with Gasteiger partial charge in [-0.05, 0) is 53.6 Å². The first-order valence-electron chi connectivity index (χ1n) is 7.00. The maximum Gasteiger partial charge on any atom is 0.319 e. The molecule has 0 aromatic heterocycles. The lowest BCUT2D eigenvalue weighted by molar-refractivity contribution is -0.121. The fourth-order valence-electron chi connectivity index (χ4n) is 2.43. The standard InChI is InChI=1S/C15H20IN3O2/c1-18(2)15(21)19-8-6-11(7-9-19)14(20)17-13-5-3-4-12(16)10-13/h3-5,10-11H,6-9H2,1-2H3,(H,17,20). The quantitative estimate of drug-likeness (QED) is 0.775. The fourth-order valence-corrected chi connectivity index (χ4v) is 2.97. The number of halogens is 1. The van der Waals surface area contributed by atoms with Crippen LogP contribution in [-0.2, 0) is 4.79 Å². The number of urea groups is 1. The smallest absolute Gasteiger partial charge is 0.319 e. The molecule has 0 unspecified atom stereocenters. The molecule has 1 saturated heterocycles. The number of anilines is 1. The second-order valence-electron chi connectivity index (χ2n) is 5.44.